The van der Waals surface area contributed by atoms with Crippen LogP contribution in [0.1, 0.15) is 17.8 Å². The topological polar surface area (TPSA) is 51.4 Å². The normalized spacial score (nSPS) is 22.6. The third-order valence-corrected chi connectivity index (χ3v) is 5.40. The Labute approximate surface area is 107 Å². The van der Waals surface area contributed by atoms with Crippen molar-refractivity contribution < 1.29 is 8.42 Å². The first-order chi connectivity index (χ1) is 8.53. The lowest BCUT2D eigenvalue weighted by Crippen LogP contribution is -2.09. The maximum Gasteiger partial charge on any atom is 0.150 e. The van der Waals surface area contributed by atoms with Gasteiger partial charge in [0.05, 0.1) is 23.2 Å². The summed E-state index contributed by atoms with van der Waals surface area (Å²) in [7, 11) is -2.80. The molecule has 1 fully saturated rings. The van der Waals surface area contributed by atoms with Gasteiger partial charge in [0.25, 0.3) is 0 Å². The standard InChI is InChI=1S/C13H16N2O2S/c1-10-2-4-15-12(6-10)8-14-13(15)7-11-3-5-18(16,17)9-11/h2,4,6,8,11H,3,5,7,9H2,1H3. The molecule has 4 nitrogen and oxygen atoms in total. The van der Waals surface area contributed by atoms with Crippen molar-refractivity contribution in [1.29, 1.82) is 0 Å². The highest BCUT2D eigenvalue weighted by Crippen LogP contribution is 2.22. The zero-order chi connectivity index (χ0) is 12.8. The number of fused-ring (bicyclic) bond motifs is 1. The largest absolute Gasteiger partial charge is 0.304 e. The Morgan fingerprint density at radius 1 is 1.50 bits per heavy atom. The first-order valence-corrected chi connectivity index (χ1v) is 7.99. The summed E-state index contributed by atoms with van der Waals surface area (Å²) in [6.07, 6.45) is 5.38. The summed E-state index contributed by atoms with van der Waals surface area (Å²) in [5.41, 5.74) is 2.28. The molecule has 96 valence electrons. The Hall–Kier alpha value is -1.36. The van der Waals surface area contributed by atoms with Crippen molar-refractivity contribution in [2.75, 3.05) is 11.5 Å². The summed E-state index contributed by atoms with van der Waals surface area (Å²) < 4.78 is 25.0. The van der Waals surface area contributed by atoms with Crippen LogP contribution in [0.25, 0.3) is 5.52 Å². The molecule has 0 radical (unpaired) electrons. The van der Waals surface area contributed by atoms with Gasteiger partial charge in [-0.15, -0.1) is 0 Å². The van der Waals surface area contributed by atoms with Crippen molar-refractivity contribution in [2.24, 2.45) is 5.92 Å². The minimum Gasteiger partial charge on any atom is -0.304 e. The van der Waals surface area contributed by atoms with Gasteiger partial charge in [-0.05, 0) is 37.0 Å². The smallest absolute Gasteiger partial charge is 0.150 e. The van der Waals surface area contributed by atoms with Gasteiger partial charge in [0, 0.05) is 12.6 Å². The van der Waals surface area contributed by atoms with Crippen LogP contribution in [-0.2, 0) is 16.3 Å². The molecule has 1 aliphatic heterocycles. The van der Waals surface area contributed by atoms with Crippen molar-refractivity contribution >= 4 is 15.4 Å². The van der Waals surface area contributed by atoms with Crippen LogP contribution in [0.3, 0.4) is 0 Å². The second-order valence-electron chi connectivity index (χ2n) is 5.15. The Balaban J connectivity index is 1.87. The lowest BCUT2D eigenvalue weighted by Gasteiger charge is -2.06. The first-order valence-electron chi connectivity index (χ1n) is 6.16. The highest BCUT2D eigenvalue weighted by molar-refractivity contribution is 7.91. The second kappa shape index (κ2) is 4.09. The highest BCUT2D eigenvalue weighted by atomic mass is 32.2. The molecular formula is C13H16N2O2S. The molecule has 0 aromatic carbocycles. The maximum absolute atomic E-state index is 11.5. The summed E-state index contributed by atoms with van der Waals surface area (Å²) in [4.78, 5) is 4.42. The van der Waals surface area contributed by atoms with Gasteiger partial charge in [-0.2, -0.15) is 0 Å². The predicted molar refractivity (Wildman–Crippen MR) is 70.4 cm³/mol. The molecule has 0 aliphatic carbocycles. The summed E-state index contributed by atoms with van der Waals surface area (Å²) in [5.74, 6) is 1.84. The number of aryl methyl sites for hydroxylation is 1. The monoisotopic (exact) mass is 264 g/mol. The molecule has 1 atom stereocenters. The van der Waals surface area contributed by atoms with E-state index in [-0.39, 0.29) is 5.92 Å². The van der Waals surface area contributed by atoms with Crippen LogP contribution in [0.4, 0.5) is 0 Å². The van der Waals surface area contributed by atoms with Crippen LogP contribution in [-0.4, -0.2) is 29.3 Å². The third kappa shape index (κ3) is 2.14. The van der Waals surface area contributed by atoms with Gasteiger partial charge in [0.1, 0.15) is 5.82 Å². The summed E-state index contributed by atoms with van der Waals surface area (Å²) >= 11 is 0. The molecule has 3 heterocycles. The van der Waals surface area contributed by atoms with E-state index in [9.17, 15) is 8.42 Å². The van der Waals surface area contributed by atoms with Crippen molar-refractivity contribution in [3.05, 3.63) is 35.9 Å². The molecule has 2 aromatic heterocycles. The van der Waals surface area contributed by atoms with Crippen LogP contribution in [0.2, 0.25) is 0 Å². The lowest BCUT2D eigenvalue weighted by atomic mass is 10.1. The van der Waals surface area contributed by atoms with E-state index < -0.39 is 9.84 Å². The number of imidazole rings is 1. The van der Waals surface area contributed by atoms with E-state index in [4.69, 9.17) is 0 Å². The number of hydrogen-bond donors (Lipinski definition) is 0. The Morgan fingerprint density at radius 2 is 2.33 bits per heavy atom. The van der Waals surface area contributed by atoms with Gasteiger partial charge in [-0.25, -0.2) is 13.4 Å². The molecule has 1 saturated heterocycles. The lowest BCUT2D eigenvalue weighted by molar-refractivity contribution is 0.568. The van der Waals surface area contributed by atoms with Crippen molar-refractivity contribution in [1.82, 2.24) is 9.38 Å². The van der Waals surface area contributed by atoms with Crippen LogP contribution in [0, 0.1) is 12.8 Å². The van der Waals surface area contributed by atoms with Gasteiger partial charge in [0.15, 0.2) is 9.84 Å². The Morgan fingerprint density at radius 3 is 3.06 bits per heavy atom. The van der Waals surface area contributed by atoms with Crippen LogP contribution < -0.4 is 0 Å². The quantitative estimate of drug-likeness (QED) is 0.828. The van der Waals surface area contributed by atoms with Crippen molar-refractivity contribution in [2.45, 2.75) is 19.8 Å². The highest BCUT2D eigenvalue weighted by Gasteiger charge is 2.28. The van der Waals surface area contributed by atoms with E-state index >= 15 is 0 Å². The molecule has 3 rings (SSSR count). The van der Waals surface area contributed by atoms with E-state index in [0.717, 1.165) is 24.2 Å². The van der Waals surface area contributed by atoms with E-state index in [1.165, 1.54) is 5.56 Å². The molecule has 5 heteroatoms. The molecule has 0 N–H and O–H groups in total. The molecular weight excluding hydrogens is 248 g/mol. The fourth-order valence-electron chi connectivity index (χ4n) is 2.61. The van der Waals surface area contributed by atoms with Crippen LogP contribution in [0.15, 0.2) is 24.5 Å². The van der Waals surface area contributed by atoms with Gasteiger partial charge in [-0.3, -0.25) is 0 Å². The summed E-state index contributed by atoms with van der Waals surface area (Å²) in [6.45, 7) is 2.05. The second-order valence-corrected chi connectivity index (χ2v) is 7.38. The number of nitrogens with zero attached hydrogens (tertiary/aromatic N) is 2. The number of hydrogen-bond acceptors (Lipinski definition) is 3. The zero-order valence-corrected chi connectivity index (χ0v) is 11.2. The third-order valence-electron chi connectivity index (χ3n) is 3.56. The van der Waals surface area contributed by atoms with Crippen LogP contribution in [0.5, 0.6) is 0 Å². The van der Waals surface area contributed by atoms with E-state index in [2.05, 4.69) is 22.4 Å². The van der Waals surface area contributed by atoms with E-state index in [1.54, 1.807) is 0 Å². The number of pyridine rings is 1. The van der Waals surface area contributed by atoms with Crippen molar-refractivity contribution in [3.63, 3.8) is 0 Å². The van der Waals surface area contributed by atoms with Gasteiger partial charge < -0.3 is 4.40 Å². The first kappa shape index (κ1) is 11.7. The van der Waals surface area contributed by atoms with Crippen molar-refractivity contribution in [3.8, 4) is 0 Å². The molecule has 0 bridgehead atoms. The fraction of sp³-hybridized carbons (Fsp3) is 0.462. The SMILES string of the molecule is Cc1ccn2c(CC3CCS(=O)(=O)C3)ncc2c1. The van der Waals surface area contributed by atoms with E-state index in [1.807, 2.05) is 18.5 Å². The fourth-order valence-corrected chi connectivity index (χ4v) is 4.47. The van der Waals surface area contributed by atoms with E-state index in [0.29, 0.717) is 11.5 Å². The van der Waals surface area contributed by atoms with Gasteiger partial charge in [0.2, 0.25) is 0 Å². The predicted octanol–water partition coefficient (Wildman–Crippen LogP) is 1.62. The van der Waals surface area contributed by atoms with Crippen LogP contribution >= 0.6 is 0 Å². The molecule has 1 unspecified atom stereocenters. The number of rotatable bonds is 2. The van der Waals surface area contributed by atoms with Gasteiger partial charge in [-0.1, -0.05) is 0 Å². The summed E-state index contributed by atoms with van der Waals surface area (Å²) in [6, 6.07) is 4.13. The minimum absolute atomic E-state index is 0.224. The summed E-state index contributed by atoms with van der Waals surface area (Å²) in [5, 5.41) is 0. The number of aromatic nitrogens is 2. The molecule has 2 aromatic rings. The Bertz CT molecular complexity index is 688. The molecule has 0 saturated carbocycles. The van der Waals surface area contributed by atoms with Gasteiger partial charge >= 0.3 is 0 Å². The molecule has 1 aliphatic rings. The molecule has 0 amide bonds. The molecule has 0 spiro atoms. The zero-order valence-electron chi connectivity index (χ0n) is 10.3. The molecule has 18 heavy (non-hydrogen) atoms. The average Bonchev–Trinajstić information content (AvgIpc) is 2.83. The average molecular weight is 264 g/mol. The number of sulfone groups is 1. The minimum atomic E-state index is -2.80. The maximum atomic E-state index is 11.5. The Kier molecular flexibility index (Phi) is 2.66.